The topological polar surface area (TPSA) is 76.4 Å². The largest absolute Gasteiger partial charge is 0.497 e. The van der Waals surface area contributed by atoms with Gasteiger partial charge in [-0.05, 0) is 31.5 Å². The van der Waals surface area contributed by atoms with E-state index in [-0.39, 0.29) is 18.8 Å². The summed E-state index contributed by atoms with van der Waals surface area (Å²) >= 11 is 0. The van der Waals surface area contributed by atoms with Crippen LogP contribution in [0.1, 0.15) is 31.7 Å². The van der Waals surface area contributed by atoms with Gasteiger partial charge in [0.15, 0.2) is 5.92 Å². The van der Waals surface area contributed by atoms with Crippen LogP contribution >= 0.6 is 0 Å². The van der Waals surface area contributed by atoms with Gasteiger partial charge in [0, 0.05) is 12.3 Å². The van der Waals surface area contributed by atoms with Gasteiger partial charge in [0.1, 0.15) is 11.5 Å². The number of ketones is 1. The van der Waals surface area contributed by atoms with Crippen molar-refractivity contribution in [2.24, 2.45) is 5.92 Å². The van der Waals surface area contributed by atoms with Gasteiger partial charge < -0.3 is 14.3 Å². The van der Waals surface area contributed by atoms with Crippen molar-refractivity contribution in [1.29, 1.82) is 5.26 Å². The number of nitriles is 1. The first-order valence-corrected chi connectivity index (χ1v) is 6.73. The van der Waals surface area contributed by atoms with Crippen LogP contribution in [0.4, 0.5) is 0 Å². The molecule has 0 spiro atoms. The van der Waals surface area contributed by atoms with Gasteiger partial charge in [-0.15, -0.1) is 0 Å². The molecule has 0 saturated heterocycles. The number of esters is 1. The van der Waals surface area contributed by atoms with Gasteiger partial charge in [0.2, 0.25) is 0 Å². The highest BCUT2D eigenvalue weighted by Gasteiger charge is 2.32. The summed E-state index contributed by atoms with van der Waals surface area (Å²) in [6.45, 7) is 3.31. The number of benzene rings is 1. The van der Waals surface area contributed by atoms with E-state index in [1.165, 1.54) is 14.0 Å². The molecule has 0 saturated carbocycles. The van der Waals surface area contributed by atoms with Gasteiger partial charge in [-0.3, -0.25) is 4.79 Å². The molecule has 0 aliphatic heterocycles. The predicted octanol–water partition coefficient (Wildman–Crippen LogP) is 2.46. The Bertz CT molecular complexity index is 547. The zero-order valence-corrected chi connectivity index (χ0v) is 12.5. The summed E-state index contributed by atoms with van der Waals surface area (Å²) in [5, 5.41) is 9.30. The maximum atomic E-state index is 11.9. The molecular weight excluding hydrogens is 270 g/mol. The molecule has 112 valence electrons. The number of carbonyl (C=O) groups is 2. The van der Waals surface area contributed by atoms with E-state index in [0.29, 0.717) is 11.3 Å². The Kier molecular flexibility index (Phi) is 6.41. The van der Waals surface area contributed by atoms with E-state index in [2.05, 4.69) is 0 Å². The second-order valence-corrected chi connectivity index (χ2v) is 4.65. The lowest BCUT2D eigenvalue weighted by molar-refractivity contribution is -0.146. The monoisotopic (exact) mass is 289 g/mol. The van der Waals surface area contributed by atoms with Crippen LogP contribution in [0.5, 0.6) is 5.75 Å². The standard InChI is InChI=1S/C16H19NO4/c1-4-21-16(19)15(10-17)14(8-11(2)18)12-6-5-7-13(9-12)20-3/h5-7,9,14-15H,4,8H2,1-3H3. The Morgan fingerprint density at radius 1 is 1.38 bits per heavy atom. The van der Waals surface area contributed by atoms with Crippen molar-refractivity contribution in [3.8, 4) is 11.8 Å². The van der Waals surface area contributed by atoms with Crippen LogP contribution in [0.2, 0.25) is 0 Å². The summed E-state index contributed by atoms with van der Waals surface area (Å²) in [5.74, 6) is -1.63. The van der Waals surface area contributed by atoms with E-state index in [9.17, 15) is 14.9 Å². The number of hydrogen-bond donors (Lipinski definition) is 0. The van der Waals surface area contributed by atoms with Gasteiger partial charge in [-0.25, -0.2) is 0 Å². The fourth-order valence-electron chi connectivity index (χ4n) is 2.15. The molecule has 2 atom stereocenters. The minimum absolute atomic E-state index is 0.0904. The van der Waals surface area contributed by atoms with Crippen LogP contribution in [-0.4, -0.2) is 25.5 Å². The number of ether oxygens (including phenoxy) is 2. The third kappa shape index (κ3) is 4.60. The number of methoxy groups -OCH3 is 1. The Hall–Kier alpha value is -2.35. The van der Waals surface area contributed by atoms with Crippen molar-refractivity contribution in [3.63, 3.8) is 0 Å². The summed E-state index contributed by atoms with van der Waals surface area (Å²) in [6, 6.07) is 9.00. The molecule has 0 heterocycles. The summed E-state index contributed by atoms with van der Waals surface area (Å²) in [5.41, 5.74) is 0.712. The summed E-state index contributed by atoms with van der Waals surface area (Å²) in [4.78, 5) is 23.4. The number of Topliss-reactive ketones (excluding diaryl/α,β-unsaturated/α-hetero) is 1. The fourth-order valence-corrected chi connectivity index (χ4v) is 2.15. The quantitative estimate of drug-likeness (QED) is 0.721. The highest BCUT2D eigenvalue weighted by Crippen LogP contribution is 2.31. The van der Waals surface area contributed by atoms with Crippen molar-refractivity contribution >= 4 is 11.8 Å². The Labute approximate surface area is 124 Å². The van der Waals surface area contributed by atoms with Gasteiger partial charge in [-0.1, -0.05) is 12.1 Å². The number of nitrogens with zero attached hydrogens (tertiary/aromatic N) is 1. The van der Waals surface area contributed by atoms with E-state index >= 15 is 0 Å². The Morgan fingerprint density at radius 3 is 2.62 bits per heavy atom. The van der Waals surface area contributed by atoms with Crippen molar-refractivity contribution in [2.45, 2.75) is 26.2 Å². The number of carbonyl (C=O) groups excluding carboxylic acids is 2. The molecule has 1 aromatic carbocycles. The summed E-state index contributed by atoms with van der Waals surface area (Å²) < 4.78 is 10.1. The number of hydrogen-bond acceptors (Lipinski definition) is 5. The second-order valence-electron chi connectivity index (χ2n) is 4.65. The molecule has 5 heteroatoms. The molecule has 0 aliphatic rings. The van der Waals surface area contributed by atoms with Crippen LogP contribution < -0.4 is 4.74 Å². The molecule has 1 rings (SSSR count). The zero-order valence-electron chi connectivity index (χ0n) is 12.5. The first-order chi connectivity index (χ1) is 10.0. The van der Waals surface area contributed by atoms with Crippen LogP contribution in [0.15, 0.2) is 24.3 Å². The van der Waals surface area contributed by atoms with Crippen molar-refractivity contribution in [1.82, 2.24) is 0 Å². The molecule has 1 aromatic rings. The van der Waals surface area contributed by atoms with E-state index in [0.717, 1.165) is 0 Å². The summed E-state index contributed by atoms with van der Waals surface area (Å²) in [6.07, 6.45) is 0.101. The van der Waals surface area contributed by atoms with Gasteiger partial charge in [-0.2, -0.15) is 5.26 Å². The molecule has 0 radical (unpaired) electrons. The third-order valence-corrected chi connectivity index (χ3v) is 3.11. The lowest BCUT2D eigenvalue weighted by Crippen LogP contribution is -2.25. The van der Waals surface area contributed by atoms with Crippen LogP contribution in [-0.2, 0) is 14.3 Å². The average molecular weight is 289 g/mol. The van der Waals surface area contributed by atoms with Crippen molar-refractivity contribution in [3.05, 3.63) is 29.8 Å². The molecule has 0 aliphatic carbocycles. The minimum Gasteiger partial charge on any atom is -0.497 e. The Morgan fingerprint density at radius 2 is 2.10 bits per heavy atom. The fraction of sp³-hybridized carbons (Fsp3) is 0.438. The Balaban J connectivity index is 3.17. The summed E-state index contributed by atoms with van der Waals surface area (Å²) in [7, 11) is 1.53. The molecule has 0 N–H and O–H groups in total. The molecule has 21 heavy (non-hydrogen) atoms. The molecule has 0 aromatic heterocycles. The maximum absolute atomic E-state index is 11.9. The lowest BCUT2D eigenvalue weighted by Gasteiger charge is -2.20. The highest BCUT2D eigenvalue weighted by molar-refractivity contribution is 5.81. The van der Waals surface area contributed by atoms with Gasteiger partial charge in [0.05, 0.1) is 19.8 Å². The first-order valence-electron chi connectivity index (χ1n) is 6.73. The second kappa shape index (κ2) is 8.05. The first kappa shape index (κ1) is 16.7. The SMILES string of the molecule is CCOC(=O)C(C#N)C(CC(C)=O)c1cccc(OC)c1. The van der Waals surface area contributed by atoms with Crippen LogP contribution in [0, 0.1) is 17.2 Å². The van der Waals surface area contributed by atoms with E-state index < -0.39 is 17.8 Å². The molecule has 0 fully saturated rings. The molecular formula is C16H19NO4. The molecule has 5 nitrogen and oxygen atoms in total. The minimum atomic E-state index is -1.01. The van der Waals surface area contributed by atoms with Gasteiger partial charge >= 0.3 is 5.97 Å². The number of rotatable bonds is 7. The van der Waals surface area contributed by atoms with E-state index in [1.807, 2.05) is 6.07 Å². The molecule has 0 amide bonds. The van der Waals surface area contributed by atoms with Crippen molar-refractivity contribution in [2.75, 3.05) is 13.7 Å². The lowest BCUT2D eigenvalue weighted by atomic mass is 9.83. The van der Waals surface area contributed by atoms with Crippen LogP contribution in [0.25, 0.3) is 0 Å². The predicted molar refractivity (Wildman–Crippen MR) is 76.8 cm³/mol. The van der Waals surface area contributed by atoms with Crippen molar-refractivity contribution < 1.29 is 19.1 Å². The van der Waals surface area contributed by atoms with Gasteiger partial charge in [0.25, 0.3) is 0 Å². The highest BCUT2D eigenvalue weighted by atomic mass is 16.5. The third-order valence-electron chi connectivity index (χ3n) is 3.11. The molecule has 0 bridgehead atoms. The molecule has 2 unspecified atom stereocenters. The normalized spacial score (nSPS) is 12.9. The average Bonchev–Trinajstić information content (AvgIpc) is 2.47. The zero-order chi connectivity index (χ0) is 15.8. The van der Waals surface area contributed by atoms with Crippen LogP contribution in [0.3, 0.4) is 0 Å². The maximum Gasteiger partial charge on any atom is 0.323 e. The van der Waals surface area contributed by atoms with E-state index in [1.54, 1.807) is 31.2 Å². The smallest absolute Gasteiger partial charge is 0.323 e. The van der Waals surface area contributed by atoms with E-state index in [4.69, 9.17) is 9.47 Å².